The Balaban J connectivity index is 1.30. The highest BCUT2D eigenvalue weighted by atomic mass is 16.7. The molecule has 1 aromatic carbocycles. The number of hydrogen-bond donors (Lipinski definition) is 2. The molecule has 5 fully saturated rings. The minimum absolute atomic E-state index is 0.0946. The molecule has 4 aliphatic carbocycles. The van der Waals surface area contributed by atoms with Crippen molar-refractivity contribution in [3.05, 3.63) is 23.8 Å². The van der Waals surface area contributed by atoms with Crippen molar-refractivity contribution in [2.24, 2.45) is 17.8 Å². The van der Waals surface area contributed by atoms with Gasteiger partial charge in [0.1, 0.15) is 6.04 Å². The lowest BCUT2D eigenvalue weighted by molar-refractivity contribution is -0.141. The van der Waals surface area contributed by atoms with Crippen LogP contribution in [0.25, 0.3) is 0 Å². The fourth-order valence-corrected chi connectivity index (χ4v) is 7.68. The predicted molar refractivity (Wildman–Crippen MR) is 119 cm³/mol. The maximum Gasteiger partial charge on any atom is 0.328 e. The van der Waals surface area contributed by atoms with Gasteiger partial charge in [-0.3, -0.25) is 19.7 Å². The molecule has 0 aromatic heterocycles. The van der Waals surface area contributed by atoms with Crippen LogP contribution in [-0.4, -0.2) is 51.2 Å². The summed E-state index contributed by atoms with van der Waals surface area (Å²) < 4.78 is 11.1. The zero-order valence-corrected chi connectivity index (χ0v) is 19.2. The second-order valence-corrected chi connectivity index (χ2v) is 10.8. The van der Waals surface area contributed by atoms with Gasteiger partial charge in [-0.25, -0.2) is 10.3 Å². The third-order valence-electron chi connectivity index (χ3n) is 8.62. The van der Waals surface area contributed by atoms with E-state index >= 15 is 0 Å². The first-order valence-corrected chi connectivity index (χ1v) is 12.4. The molecule has 1 aromatic rings. The first-order chi connectivity index (χ1) is 16.5. The number of carbonyl (C=O) groups is 3. The number of rotatable bonds is 7. The number of imide groups is 1. The lowest BCUT2D eigenvalue weighted by Gasteiger charge is -2.58. The molecule has 182 valence electrons. The molecule has 0 radical (unpaired) electrons. The monoisotopic (exact) mass is 469 g/mol. The van der Waals surface area contributed by atoms with Crippen LogP contribution >= 0.6 is 0 Å². The number of ether oxygens (including phenoxy) is 2. The minimum Gasteiger partial charge on any atom is -0.454 e. The largest absolute Gasteiger partial charge is 0.454 e. The SMILES string of the molecule is O=C(CCCC1C(=O)N(C23CC4CC(CC(C4)C2)C3)C(=O)N1Cc1cccc2c1OCO2)NO. The standard InChI is InChI=1S/C25H31N3O6/c29-21(26-32)6-2-4-19-23(30)28(25-10-15-7-16(11-25)9-17(8-15)12-25)24(31)27(19)13-18-3-1-5-20-22(18)34-14-33-20/h1,3,5,15-17,19,32H,2,4,6-14H2,(H,26,29). The Hall–Kier alpha value is -2.81. The molecule has 7 rings (SSSR count). The van der Waals surface area contributed by atoms with Gasteiger partial charge in [-0.05, 0) is 75.2 Å². The van der Waals surface area contributed by atoms with E-state index in [0.717, 1.165) is 24.8 Å². The minimum atomic E-state index is -0.634. The first-order valence-electron chi connectivity index (χ1n) is 12.4. The highest BCUT2D eigenvalue weighted by Gasteiger charge is 2.60. The molecule has 4 amide bonds. The number of para-hydroxylation sites is 1. The Morgan fingerprint density at radius 3 is 2.47 bits per heavy atom. The molecular formula is C25H31N3O6. The molecule has 2 aliphatic heterocycles. The van der Waals surface area contributed by atoms with E-state index in [1.807, 2.05) is 18.2 Å². The van der Waals surface area contributed by atoms with E-state index < -0.39 is 11.9 Å². The van der Waals surface area contributed by atoms with Crippen LogP contribution in [0.1, 0.15) is 63.4 Å². The van der Waals surface area contributed by atoms with E-state index in [2.05, 4.69) is 0 Å². The molecular weight excluding hydrogens is 438 g/mol. The second-order valence-electron chi connectivity index (χ2n) is 10.8. The van der Waals surface area contributed by atoms with Gasteiger partial charge in [0.2, 0.25) is 12.7 Å². The van der Waals surface area contributed by atoms with Crippen LogP contribution in [0.5, 0.6) is 11.5 Å². The molecule has 1 atom stereocenters. The summed E-state index contributed by atoms with van der Waals surface area (Å²) in [5, 5.41) is 8.83. The van der Waals surface area contributed by atoms with E-state index in [-0.39, 0.29) is 37.2 Å². The summed E-state index contributed by atoms with van der Waals surface area (Å²) in [5.74, 6) is 2.45. The number of fused-ring (bicyclic) bond motifs is 1. The Morgan fingerprint density at radius 2 is 1.79 bits per heavy atom. The van der Waals surface area contributed by atoms with Crippen molar-refractivity contribution in [1.29, 1.82) is 0 Å². The lowest BCUT2D eigenvalue weighted by atomic mass is 9.52. The van der Waals surface area contributed by atoms with E-state index in [1.54, 1.807) is 15.3 Å². The Bertz CT molecular complexity index is 991. The lowest BCUT2D eigenvalue weighted by Crippen LogP contribution is -2.62. The third kappa shape index (κ3) is 3.43. The van der Waals surface area contributed by atoms with Crippen molar-refractivity contribution in [2.75, 3.05) is 6.79 Å². The number of hydroxylamine groups is 1. The normalized spacial score (nSPS) is 33.2. The molecule has 34 heavy (non-hydrogen) atoms. The average Bonchev–Trinajstić information content (AvgIpc) is 3.37. The Kier molecular flexibility index (Phi) is 5.20. The van der Waals surface area contributed by atoms with Crippen LogP contribution in [0.3, 0.4) is 0 Å². The number of carbonyl (C=O) groups excluding carboxylic acids is 3. The van der Waals surface area contributed by atoms with Gasteiger partial charge in [0.05, 0.1) is 12.1 Å². The predicted octanol–water partition coefficient (Wildman–Crippen LogP) is 3.19. The van der Waals surface area contributed by atoms with Crippen molar-refractivity contribution in [3.8, 4) is 11.5 Å². The summed E-state index contributed by atoms with van der Waals surface area (Å²) in [6.45, 7) is 0.384. The van der Waals surface area contributed by atoms with Crippen molar-refractivity contribution in [2.45, 2.75) is 75.9 Å². The molecule has 9 heteroatoms. The molecule has 1 unspecified atom stereocenters. The zero-order chi connectivity index (χ0) is 23.4. The van der Waals surface area contributed by atoms with Crippen LogP contribution in [0, 0.1) is 17.8 Å². The van der Waals surface area contributed by atoms with Crippen LogP contribution in [-0.2, 0) is 16.1 Å². The zero-order valence-electron chi connectivity index (χ0n) is 19.2. The molecule has 4 bridgehead atoms. The van der Waals surface area contributed by atoms with Crippen LogP contribution in [0.15, 0.2) is 18.2 Å². The van der Waals surface area contributed by atoms with Crippen molar-refractivity contribution in [1.82, 2.24) is 15.3 Å². The van der Waals surface area contributed by atoms with Gasteiger partial charge in [0.15, 0.2) is 11.5 Å². The maximum absolute atomic E-state index is 13.9. The fraction of sp³-hybridized carbons (Fsp3) is 0.640. The number of benzene rings is 1. The molecule has 0 spiro atoms. The summed E-state index contributed by atoms with van der Waals surface area (Å²) in [6, 6.07) is 4.73. The Labute approximate surface area is 198 Å². The average molecular weight is 470 g/mol. The topological polar surface area (TPSA) is 108 Å². The van der Waals surface area contributed by atoms with E-state index in [9.17, 15) is 14.4 Å². The first kappa shape index (κ1) is 21.7. The summed E-state index contributed by atoms with van der Waals surface area (Å²) in [5.41, 5.74) is 2.08. The van der Waals surface area contributed by atoms with Crippen LogP contribution < -0.4 is 15.0 Å². The maximum atomic E-state index is 13.9. The van der Waals surface area contributed by atoms with Gasteiger partial charge < -0.3 is 14.4 Å². The van der Waals surface area contributed by atoms with E-state index in [1.165, 1.54) is 19.3 Å². The fourth-order valence-electron chi connectivity index (χ4n) is 7.68. The number of amides is 4. The van der Waals surface area contributed by atoms with Gasteiger partial charge in [0.25, 0.3) is 5.91 Å². The van der Waals surface area contributed by atoms with Gasteiger partial charge in [-0.1, -0.05) is 12.1 Å². The van der Waals surface area contributed by atoms with Gasteiger partial charge in [-0.15, -0.1) is 0 Å². The highest BCUT2D eigenvalue weighted by Crippen LogP contribution is 2.58. The van der Waals surface area contributed by atoms with Crippen molar-refractivity contribution < 1.29 is 29.1 Å². The van der Waals surface area contributed by atoms with Crippen LogP contribution in [0.4, 0.5) is 4.79 Å². The van der Waals surface area contributed by atoms with E-state index in [4.69, 9.17) is 14.7 Å². The third-order valence-corrected chi connectivity index (χ3v) is 8.62. The van der Waals surface area contributed by atoms with Gasteiger partial charge >= 0.3 is 6.03 Å². The molecule has 2 heterocycles. The van der Waals surface area contributed by atoms with Crippen LogP contribution in [0.2, 0.25) is 0 Å². The summed E-state index contributed by atoms with van der Waals surface area (Å²) in [7, 11) is 0. The molecule has 9 nitrogen and oxygen atoms in total. The molecule has 1 saturated heterocycles. The smallest absolute Gasteiger partial charge is 0.328 e. The summed E-state index contributed by atoms with van der Waals surface area (Å²) in [4.78, 5) is 42.6. The number of nitrogens with one attached hydrogen (secondary N) is 1. The number of nitrogens with zero attached hydrogens (tertiary/aromatic N) is 2. The van der Waals surface area contributed by atoms with Crippen molar-refractivity contribution in [3.63, 3.8) is 0 Å². The molecule has 6 aliphatic rings. The molecule has 2 N–H and O–H groups in total. The quantitative estimate of drug-likeness (QED) is 0.361. The van der Waals surface area contributed by atoms with Gasteiger partial charge in [0, 0.05) is 12.0 Å². The van der Waals surface area contributed by atoms with Crippen molar-refractivity contribution >= 4 is 17.8 Å². The Morgan fingerprint density at radius 1 is 1.09 bits per heavy atom. The second kappa shape index (κ2) is 8.15. The highest BCUT2D eigenvalue weighted by molar-refractivity contribution is 6.05. The van der Waals surface area contributed by atoms with Gasteiger partial charge in [-0.2, -0.15) is 0 Å². The molecule has 4 saturated carbocycles. The summed E-state index contributed by atoms with van der Waals surface area (Å²) >= 11 is 0. The van der Waals surface area contributed by atoms with E-state index in [0.29, 0.717) is 42.1 Å². The number of urea groups is 1. The number of hydrogen-bond acceptors (Lipinski definition) is 6. The summed E-state index contributed by atoms with van der Waals surface area (Å²) in [6.07, 6.45) is 7.30.